The van der Waals surface area contributed by atoms with E-state index in [-0.39, 0.29) is 54.4 Å². The molecule has 0 amide bonds. The van der Waals surface area contributed by atoms with Crippen LogP contribution < -0.4 is 30.1 Å². The van der Waals surface area contributed by atoms with Crippen LogP contribution in [0.15, 0.2) is 261 Å². The van der Waals surface area contributed by atoms with Crippen molar-refractivity contribution < 1.29 is 44.1 Å². The summed E-state index contributed by atoms with van der Waals surface area (Å²) in [6.07, 6.45) is 5.36. The van der Waals surface area contributed by atoms with Gasteiger partial charge in [0.25, 0.3) is 6.33 Å². The van der Waals surface area contributed by atoms with E-state index in [2.05, 4.69) is 153 Å². The number of aromatic nitrogens is 4. The SMILES string of the molecule is [2H]c1c([2H])c([2H])c(-c2cccc(-c3c([2H])c([2H])c([2H])c([2H])c3[2H])c2-[n+]2[c-]n(-c3[c-]c(Oc4[c-]c5c(cc4[Si](c4ccccc4)(c4ccccc4)c4ccccc4)c4ccccc4n5-c4cc(C(C)(C)C)ccn4)ccc3)c3ccccc32)c([2H])c1[2H].[Pt]. The molecule has 0 radical (unpaired) electrons. The number of ether oxygens (including phenoxy) is 1. The van der Waals surface area contributed by atoms with Crippen molar-refractivity contribution in [1.29, 1.82) is 0 Å². The molecular formula is C70H52N4OPtSi-2. The maximum Gasteiger partial charge on any atom is 0.268 e. The van der Waals surface area contributed by atoms with Crippen LogP contribution in [0.4, 0.5) is 0 Å². The molecule has 3 aromatic heterocycles. The molecule has 0 atom stereocenters. The van der Waals surface area contributed by atoms with Crippen molar-refractivity contribution >= 4 is 61.7 Å². The molecule has 0 aliphatic carbocycles. The fraction of sp³-hybridized carbons (Fsp3) is 0.0571. The molecule has 0 saturated carbocycles. The summed E-state index contributed by atoms with van der Waals surface area (Å²) in [5.74, 6) is 1.54. The van der Waals surface area contributed by atoms with E-state index < -0.39 is 68.5 Å². The Morgan fingerprint density at radius 1 is 0.558 bits per heavy atom. The average molecular weight is 1200 g/mol. The summed E-state index contributed by atoms with van der Waals surface area (Å²) in [5, 5.41) is 6.30. The number of imidazole rings is 1. The molecular weight excluding hydrogens is 1140 g/mol. The number of nitrogens with zero attached hydrogens (tertiary/aromatic N) is 4. The van der Waals surface area contributed by atoms with E-state index in [0.29, 0.717) is 28.2 Å². The number of para-hydroxylation sites is 4. The first-order chi connectivity index (χ1) is 41.5. The maximum absolute atomic E-state index is 9.19. The smallest absolute Gasteiger partial charge is 0.268 e. The Balaban J connectivity index is 0.00000739. The zero-order chi connectivity index (χ0) is 59.9. The molecule has 0 aliphatic rings. The second-order valence-corrected chi connectivity index (χ2v) is 23.4. The molecule has 77 heavy (non-hydrogen) atoms. The van der Waals surface area contributed by atoms with E-state index in [1.807, 2.05) is 72.9 Å². The van der Waals surface area contributed by atoms with Crippen molar-refractivity contribution in [2.75, 3.05) is 0 Å². The Morgan fingerprint density at radius 3 is 1.73 bits per heavy atom. The first kappa shape index (κ1) is 38.8. The molecule has 0 unspecified atom stereocenters. The van der Waals surface area contributed by atoms with E-state index in [1.54, 1.807) is 27.3 Å². The Morgan fingerprint density at radius 2 is 1.12 bits per heavy atom. The van der Waals surface area contributed by atoms with Gasteiger partial charge in [0.1, 0.15) is 13.9 Å². The van der Waals surface area contributed by atoms with E-state index in [4.69, 9.17) is 17.9 Å². The van der Waals surface area contributed by atoms with Crippen LogP contribution in [0.25, 0.3) is 72.3 Å². The van der Waals surface area contributed by atoms with Gasteiger partial charge in [-0.25, -0.2) is 4.98 Å². The van der Waals surface area contributed by atoms with Crippen LogP contribution in [-0.2, 0) is 26.5 Å². The molecule has 7 heteroatoms. The van der Waals surface area contributed by atoms with Crippen LogP contribution in [0.5, 0.6) is 11.5 Å². The van der Waals surface area contributed by atoms with Crippen molar-refractivity contribution in [1.82, 2.24) is 14.1 Å². The number of fused-ring (bicyclic) bond motifs is 4. The average Bonchev–Trinajstić information content (AvgIpc) is 2.01. The minimum Gasteiger partial charge on any atom is -0.510 e. The normalized spacial score (nSPS) is 13.5. The standard InChI is InChI=1S/C70H52N4OSi.Pt/c1-70(2,3)52-43-44-71-68(45-52)74-62-40-20-19-37-60(62)61-47-67(76(55-31-13-6-14-32-55,56-33-15-7-16-34-56)57-35-17-8-18-36-57)66(48-65(61)74)75-54-30-23-29-53(46-54)72-49-73(64-42-22-21-41-63(64)72)69-58(50-25-9-4-10-26-50)38-24-39-59(69)51-27-11-5-12-28-51;/h4-45,47H,1-3H3;/q-2;/i4D,5D,9D,10D,11D,12D,25D,26D,27D,28D;. The van der Waals surface area contributed by atoms with Gasteiger partial charge >= 0.3 is 0 Å². The molecule has 0 aliphatic heterocycles. The minimum absolute atomic E-state index is 0. The number of hydrogen-bond acceptors (Lipinski definition) is 2. The van der Waals surface area contributed by atoms with Gasteiger partial charge in [-0.3, -0.25) is 4.57 Å². The first-order valence-corrected chi connectivity index (χ1v) is 27.1. The van der Waals surface area contributed by atoms with Gasteiger partial charge in [-0.2, -0.15) is 18.2 Å². The summed E-state index contributed by atoms with van der Waals surface area (Å²) < 4.78 is 102. The molecule has 13 rings (SSSR count). The Bertz CT molecular complexity index is 4620. The zero-order valence-electron chi connectivity index (χ0n) is 52.1. The summed E-state index contributed by atoms with van der Waals surface area (Å²) in [6, 6.07) is 66.6. The van der Waals surface area contributed by atoms with E-state index in [0.717, 1.165) is 53.9 Å². The van der Waals surface area contributed by atoms with Crippen LogP contribution in [-0.4, -0.2) is 22.2 Å². The van der Waals surface area contributed by atoms with Crippen LogP contribution in [0.3, 0.4) is 0 Å². The van der Waals surface area contributed by atoms with E-state index in [9.17, 15) is 5.48 Å². The molecule has 374 valence electrons. The molecule has 0 N–H and O–H groups in total. The fourth-order valence-corrected chi connectivity index (χ4v) is 15.5. The van der Waals surface area contributed by atoms with E-state index >= 15 is 0 Å². The van der Waals surface area contributed by atoms with Crippen LogP contribution in [0, 0.1) is 18.5 Å². The summed E-state index contributed by atoms with van der Waals surface area (Å²) in [4.78, 5) is 5.01. The van der Waals surface area contributed by atoms with Crippen LogP contribution in [0.2, 0.25) is 0 Å². The quantitative estimate of drug-likeness (QED) is 0.0560. The molecule has 10 aromatic carbocycles. The van der Waals surface area contributed by atoms with Gasteiger partial charge in [0, 0.05) is 44.3 Å². The zero-order valence-corrected chi connectivity index (χ0v) is 45.3. The van der Waals surface area contributed by atoms with E-state index in [1.165, 1.54) is 0 Å². The predicted molar refractivity (Wildman–Crippen MR) is 313 cm³/mol. The number of pyridine rings is 1. The van der Waals surface area contributed by atoms with Crippen molar-refractivity contribution in [3.05, 3.63) is 285 Å². The first-order valence-electron chi connectivity index (χ1n) is 30.1. The Labute approximate surface area is 479 Å². The molecule has 13 aromatic rings. The van der Waals surface area contributed by atoms with Crippen molar-refractivity contribution in [3.8, 4) is 50.9 Å². The van der Waals surface area contributed by atoms with Gasteiger partial charge in [-0.15, -0.1) is 28.8 Å². The molecule has 0 bridgehead atoms. The second kappa shape index (κ2) is 20.5. The largest absolute Gasteiger partial charge is 0.510 e. The third kappa shape index (κ3) is 8.74. The Kier molecular flexibility index (Phi) is 10.3. The molecule has 0 spiro atoms. The van der Waals surface area contributed by atoms with Gasteiger partial charge in [-0.05, 0) is 62.5 Å². The molecule has 3 heterocycles. The van der Waals surface area contributed by atoms with Gasteiger partial charge in [0.2, 0.25) is 0 Å². The third-order valence-corrected chi connectivity index (χ3v) is 18.9. The van der Waals surface area contributed by atoms with Crippen molar-refractivity contribution in [2.45, 2.75) is 26.2 Å². The molecule has 0 saturated heterocycles. The minimum atomic E-state index is -3.39. The molecule has 0 fully saturated rings. The van der Waals surface area contributed by atoms with Crippen molar-refractivity contribution in [3.63, 3.8) is 0 Å². The molecule has 5 nitrogen and oxygen atoms in total. The van der Waals surface area contributed by atoms with Gasteiger partial charge in [-0.1, -0.05) is 254 Å². The van der Waals surface area contributed by atoms with Gasteiger partial charge in [0.15, 0.2) is 0 Å². The fourth-order valence-electron chi connectivity index (χ4n) is 10.7. The second-order valence-electron chi connectivity index (χ2n) is 19.6. The van der Waals surface area contributed by atoms with Crippen LogP contribution in [0.1, 0.15) is 40.0 Å². The van der Waals surface area contributed by atoms with Crippen molar-refractivity contribution in [2.24, 2.45) is 0 Å². The summed E-state index contributed by atoms with van der Waals surface area (Å²) in [5.41, 5.74) is 4.36. The third-order valence-electron chi connectivity index (χ3n) is 14.1. The Hall–Kier alpha value is -8.67. The summed E-state index contributed by atoms with van der Waals surface area (Å²) in [7, 11) is -3.39. The summed E-state index contributed by atoms with van der Waals surface area (Å²) >= 11 is 0. The van der Waals surface area contributed by atoms with Crippen LogP contribution >= 0.6 is 0 Å². The number of hydrogen-bond donors (Lipinski definition) is 0. The monoisotopic (exact) mass is 1200 g/mol. The summed E-state index contributed by atoms with van der Waals surface area (Å²) in [6.45, 7) is 6.56. The van der Waals surface area contributed by atoms with Gasteiger partial charge in [0.05, 0.1) is 30.4 Å². The van der Waals surface area contributed by atoms with Gasteiger partial charge < -0.3 is 13.9 Å². The maximum atomic E-state index is 9.19. The number of benzene rings is 10. The topological polar surface area (TPSA) is 35.9 Å². The predicted octanol–water partition coefficient (Wildman–Crippen LogP) is 13.6. The number of rotatable bonds is 11.